The molecule has 0 unspecified atom stereocenters. The van der Waals surface area contributed by atoms with Gasteiger partial charge >= 0.3 is 5.97 Å². The van der Waals surface area contributed by atoms with Crippen LogP contribution in [0.25, 0.3) is 16.5 Å². The van der Waals surface area contributed by atoms with Gasteiger partial charge in [-0.25, -0.2) is 0 Å². The summed E-state index contributed by atoms with van der Waals surface area (Å²) in [5.41, 5.74) is 1.15. The number of hydrogen-bond donors (Lipinski definition) is 0. The fraction of sp³-hybridized carbons (Fsp3) is 0.375. The number of amides is 2. The van der Waals surface area contributed by atoms with Crippen molar-refractivity contribution in [2.24, 2.45) is 5.92 Å². The molecule has 0 saturated carbocycles. The minimum Gasteiger partial charge on any atom is -0.466 e. The standard InChI is InChI=1S/C24H28N2O4S/c1-3-30-24(29)19-13-15-26(16-14-19)23(28)17-25(2)22(27)12-10-20-9-11-21(31-20)18-7-5-4-6-8-18/h4-12,19H,3,13-17H2,1-2H3. The minimum absolute atomic E-state index is 0.0208. The highest BCUT2D eigenvalue weighted by atomic mass is 32.1. The van der Waals surface area contributed by atoms with E-state index in [1.807, 2.05) is 30.3 Å². The van der Waals surface area contributed by atoms with Crippen LogP contribution in [0.2, 0.25) is 0 Å². The van der Waals surface area contributed by atoms with Gasteiger partial charge in [0.15, 0.2) is 0 Å². The number of thiophene rings is 1. The van der Waals surface area contributed by atoms with E-state index in [0.29, 0.717) is 32.5 Å². The second-order valence-corrected chi connectivity index (χ2v) is 8.62. The fourth-order valence-electron chi connectivity index (χ4n) is 3.49. The van der Waals surface area contributed by atoms with Gasteiger partial charge in [0.05, 0.1) is 19.1 Å². The first-order valence-corrected chi connectivity index (χ1v) is 11.3. The van der Waals surface area contributed by atoms with E-state index in [4.69, 9.17) is 4.74 Å². The third kappa shape index (κ3) is 6.28. The molecule has 0 spiro atoms. The number of rotatable bonds is 7. The first kappa shape index (κ1) is 22.7. The van der Waals surface area contributed by atoms with Crippen LogP contribution < -0.4 is 0 Å². The van der Waals surface area contributed by atoms with Gasteiger partial charge in [0.1, 0.15) is 0 Å². The van der Waals surface area contributed by atoms with Gasteiger partial charge < -0.3 is 14.5 Å². The van der Waals surface area contributed by atoms with Crippen LogP contribution in [0.1, 0.15) is 24.6 Å². The van der Waals surface area contributed by atoms with Gasteiger partial charge in [-0.05, 0) is 43.5 Å². The van der Waals surface area contributed by atoms with Gasteiger partial charge in [-0.3, -0.25) is 14.4 Å². The van der Waals surface area contributed by atoms with Crippen LogP contribution in [0.4, 0.5) is 0 Å². The lowest BCUT2D eigenvalue weighted by Crippen LogP contribution is -2.45. The number of likely N-dealkylation sites (N-methyl/N-ethyl adjacent to an activating group) is 1. The van der Waals surface area contributed by atoms with Gasteiger partial charge in [0, 0.05) is 36.0 Å². The molecule has 1 aliphatic rings. The van der Waals surface area contributed by atoms with Gasteiger partial charge in [-0.1, -0.05) is 30.3 Å². The van der Waals surface area contributed by atoms with Crippen molar-refractivity contribution in [2.45, 2.75) is 19.8 Å². The van der Waals surface area contributed by atoms with Crippen molar-refractivity contribution in [2.75, 3.05) is 33.3 Å². The number of benzene rings is 1. The second-order valence-electron chi connectivity index (χ2n) is 7.50. The van der Waals surface area contributed by atoms with Crippen LogP contribution >= 0.6 is 11.3 Å². The predicted molar refractivity (Wildman–Crippen MR) is 122 cm³/mol. The molecule has 1 aliphatic heterocycles. The summed E-state index contributed by atoms with van der Waals surface area (Å²) in [6.07, 6.45) is 4.49. The summed E-state index contributed by atoms with van der Waals surface area (Å²) in [5.74, 6) is -0.646. The Hall–Kier alpha value is -2.93. The summed E-state index contributed by atoms with van der Waals surface area (Å²) >= 11 is 1.61. The zero-order valence-electron chi connectivity index (χ0n) is 18.0. The molecule has 7 heteroatoms. The van der Waals surface area contributed by atoms with E-state index in [2.05, 4.69) is 12.1 Å². The maximum Gasteiger partial charge on any atom is 0.309 e. The van der Waals surface area contributed by atoms with E-state index in [0.717, 1.165) is 15.3 Å². The summed E-state index contributed by atoms with van der Waals surface area (Å²) in [6, 6.07) is 14.1. The quantitative estimate of drug-likeness (QED) is 0.487. The highest BCUT2D eigenvalue weighted by molar-refractivity contribution is 7.16. The average molecular weight is 441 g/mol. The number of esters is 1. The lowest BCUT2D eigenvalue weighted by Gasteiger charge is -2.32. The van der Waals surface area contributed by atoms with Crippen LogP contribution in [0, 0.1) is 5.92 Å². The van der Waals surface area contributed by atoms with Crippen molar-refractivity contribution in [3.63, 3.8) is 0 Å². The van der Waals surface area contributed by atoms with Crippen molar-refractivity contribution in [1.29, 1.82) is 0 Å². The molecule has 0 atom stereocenters. The Morgan fingerprint density at radius 3 is 2.52 bits per heavy atom. The molecule has 0 N–H and O–H groups in total. The van der Waals surface area contributed by atoms with Crippen LogP contribution in [0.15, 0.2) is 48.5 Å². The Labute approximate surface area is 187 Å². The summed E-state index contributed by atoms with van der Waals surface area (Å²) < 4.78 is 5.06. The third-order valence-corrected chi connectivity index (χ3v) is 6.39. The Balaban J connectivity index is 1.48. The van der Waals surface area contributed by atoms with E-state index >= 15 is 0 Å². The maximum absolute atomic E-state index is 12.5. The molecule has 1 aromatic heterocycles. The number of ether oxygens (including phenoxy) is 1. The molecule has 2 amide bonds. The van der Waals surface area contributed by atoms with Crippen molar-refractivity contribution >= 4 is 35.2 Å². The van der Waals surface area contributed by atoms with Gasteiger partial charge in [-0.2, -0.15) is 0 Å². The number of piperidine rings is 1. The summed E-state index contributed by atoms with van der Waals surface area (Å²) in [5, 5.41) is 0. The second kappa shape index (κ2) is 10.9. The molecule has 0 radical (unpaired) electrons. The van der Waals surface area contributed by atoms with Gasteiger partial charge in [-0.15, -0.1) is 11.3 Å². The van der Waals surface area contributed by atoms with E-state index in [1.54, 1.807) is 36.3 Å². The largest absolute Gasteiger partial charge is 0.466 e. The Morgan fingerprint density at radius 1 is 1.13 bits per heavy atom. The number of nitrogens with zero attached hydrogens (tertiary/aromatic N) is 2. The van der Waals surface area contributed by atoms with E-state index in [9.17, 15) is 14.4 Å². The normalized spacial score (nSPS) is 14.6. The van der Waals surface area contributed by atoms with Crippen molar-refractivity contribution < 1.29 is 19.1 Å². The Kier molecular flexibility index (Phi) is 8.00. The molecule has 2 heterocycles. The smallest absolute Gasteiger partial charge is 0.309 e. The molecule has 0 bridgehead atoms. The molecular weight excluding hydrogens is 412 g/mol. The molecule has 6 nitrogen and oxygen atoms in total. The molecule has 164 valence electrons. The van der Waals surface area contributed by atoms with E-state index in [-0.39, 0.29) is 30.2 Å². The maximum atomic E-state index is 12.5. The number of hydrogen-bond acceptors (Lipinski definition) is 5. The highest BCUT2D eigenvalue weighted by Gasteiger charge is 2.28. The average Bonchev–Trinajstić information content (AvgIpc) is 3.27. The topological polar surface area (TPSA) is 66.9 Å². The highest BCUT2D eigenvalue weighted by Crippen LogP contribution is 2.28. The Bertz CT molecular complexity index is 930. The SMILES string of the molecule is CCOC(=O)C1CCN(C(=O)CN(C)C(=O)C=Cc2ccc(-c3ccccc3)s2)CC1. The minimum atomic E-state index is -0.218. The molecule has 1 saturated heterocycles. The zero-order chi connectivity index (χ0) is 22.2. The number of carbonyl (C=O) groups is 3. The van der Waals surface area contributed by atoms with Crippen molar-refractivity contribution in [1.82, 2.24) is 9.80 Å². The van der Waals surface area contributed by atoms with Crippen LogP contribution in [0.3, 0.4) is 0 Å². The van der Waals surface area contributed by atoms with Crippen LogP contribution in [0.5, 0.6) is 0 Å². The third-order valence-electron chi connectivity index (χ3n) is 5.29. The molecule has 1 fully saturated rings. The lowest BCUT2D eigenvalue weighted by molar-refractivity contribution is -0.151. The van der Waals surface area contributed by atoms with E-state index in [1.165, 1.54) is 11.0 Å². The molecular formula is C24H28N2O4S. The monoisotopic (exact) mass is 440 g/mol. The molecule has 0 aliphatic carbocycles. The first-order valence-electron chi connectivity index (χ1n) is 10.5. The van der Waals surface area contributed by atoms with Crippen LogP contribution in [-0.4, -0.2) is 60.9 Å². The van der Waals surface area contributed by atoms with Crippen LogP contribution in [-0.2, 0) is 19.1 Å². The van der Waals surface area contributed by atoms with Crippen molar-refractivity contribution in [3.05, 3.63) is 53.4 Å². The lowest BCUT2D eigenvalue weighted by atomic mass is 9.97. The van der Waals surface area contributed by atoms with E-state index < -0.39 is 0 Å². The van der Waals surface area contributed by atoms with Gasteiger partial charge in [0.25, 0.3) is 0 Å². The summed E-state index contributed by atoms with van der Waals surface area (Å²) in [4.78, 5) is 42.1. The molecule has 31 heavy (non-hydrogen) atoms. The van der Waals surface area contributed by atoms with Crippen molar-refractivity contribution in [3.8, 4) is 10.4 Å². The number of likely N-dealkylation sites (tertiary alicyclic amines) is 1. The summed E-state index contributed by atoms with van der Waals surface area (Å²) in [7, 11) is 1.62. The predicted octanol–water partition coefficient (Wildman–Crippen LogP) is 3.69. The summed E-state index contributed by atoms with van der Waals surface area (Å²) in [6.45, 7) is 3.21. The fourth-order valence-corrected chi connectivity index (χ4v) is 4.40. The van der Waals surface area contributed by atoms with Gasteiger partial charge in [0.2, 0.25) is 11.8 Å². The number of carbonyl (C=O) groups excluding carboxylic acids is 3. The zero-order valence-corrected chi connectivity index (χ0v) is 18.8. The molecule has 2 aromatic rings. The molecule has 3 rings (SSSR count). The molecule has 1 aromatic carbocycles. The Morgan fingerprint density at radius 2 is 1.84 bits per heavy atom. The first-order chi connectivity index (χ1) is 15.0.